The lowest BCUT2D eigenvalue weighted by Gasteiger charge is -2.15. The third-order valence-corrected chi connectivity index (χ3v) is 4.18. The Labute approximate surface area is 152 Å². The standard InChI is InChI=1S/C18H12ClF2N5/c19-15-14-16(26(25-24-14)11-12-7-3-1-4-8-12)23-17(22-15)18(20,21)13-9-5-2-6-10-13/h1-10H,11H2. The molecule has 0 aliphatic carbocycles. The van der Waals surface area contributed by atoms with E-state index in [9.17, 15) is 8.78 Å². The highest BCUT2D eigenvalue weighted by Gasteiger charge is 2.38. The van der Waals surface area contributed by atoms with Crippen LogP contribution >= 0.6 is 11.6 Å². The maximum absolute atomic E-state index is 14.8. The van der Waals surface area contributed by atoms with Crippen LogP contribution in [0.3, 0.4) is 0 Å². The molecule has 4 aromatic rings. The Morgan fingerprint density at radius 1 is 0.923 bits per heavy atom. The van der Waals surface area contributed by atoms with Crippen molar-refractivity contribution in [1.82, 2.24) is 25.0 Å². The van der Waals surface area contributed by atoms with Crippen molar-refractivity contribution in [2.24, 2.45) is 0 Å². The van der Waals surface area contributed by atoms with Crippen molar-refractivity contribution in [3.05, 3.63) is 82.8 Å². The van der Waals surface area contributed by atoms with Crippen LogP contribution in [0.4, 0.5) is 8.78 Å². The number of halogens is 3. The first-order chi connectivity index (χ1) is 12.6. The molecule has 0 saturated heterocycles. The Bertz CT molecular complexity index is 1050. The van der Waals surface area contributed by atoms with Crippen LogP contribution in [0.15, 0.2) is 60.7 Å². The van der Waals surface area contributed by atoms with Gasteiger partial charge in [-0.05, 0) is 5.56 Å². The normalized spacial score (nSPS) is 11.8. The van der Waals surface area contributed by atoms with E-state index in [-0.39, 0.29) is 21.9 Å². The molecule has 0 radical (unpaired) electrons. The van der Waals surface area contributed by atoms with Crippen LogP contribution in [0.1, 0.15) is 17.0 Å². The highest BCUT2D eigenvalue weighted by Crippen LogP contribution is 2.34. The van der Waals surface area contributed by atoms with Crippen molar-refractivity contribution < 1.29 is 8.78 Å². The Morgan fingerprint density at radius 3 is 2.27 bits per heavy atom. The molecule has 0 amide bonds. The Hall–Kier alpha value is -2.93. The Morgan fingerprint density at radius 2 is 1.58 bits per heavy atom. The maximum atomic E-state index is 14.8. The van der Waals surface area contributed by atoms with Gasteiger partial charge in [-0.3, -0.25) is 0 Å². The molecule has 0 N–H and O–H groups in total. The highest BCUT2D eigenvalue weighted by molar-refractivity contribution is 6.33. The number of nitrogens with zero attached hydrogens (tertiary/aromatic N) is 5. The molecule has 0 bridgehead atoms. The molecule has 130 valence electrons. The molecular weight excluding hydrogens is 360 g/mol. The second-order valence-electron chi connectivity index (χ2n) is 5.68. The number of hydrogen-bond acceptors (Lipinski definition) is 4. The van der Waals surface area contributed by atoms with Gasteiger partial charge in [-0.1, -0.05) is 77.5 Å². The number of fused-ring (bicyclic) bond motifs is 1. The fourth-order valence-electron chi connectivity index (χ4n) is 2.60. The second kappa shape index (κ2) is 6.42. The van der Waals surface area contributed by atoms with Crippen molar-refractivity contribution in [1.29, 1.82) is 0 Å². The molecule has 2 aromatic carbocycles. The van der Waals surface area contributed by atoms with Crippen LogP contribution in [0.25, 0.3) is 11.2 Å². The summed E-state index contributed by atoms with van der Waals surface area (Å²) in [6, 6.07) is 16.8. The first-order valence-corrected chi connectivity index (χ1v) is 8.18. The fraction of sp³-hybridized carbons (Fsp3) is 0.111. The number of benzene rings is 2. The SMILES string of the molecule is FC(F)(c1ccccc1)c1nc(Cl)c2nnn(Cc3ccccc3)c2n1. The van der Waals surface area contributed by atoms with Gasteiger partial charge in [-0.25, -0.2) is 14.6 Å². The lowest BCUT2D eigenvalue weighted by atomic mass is 10.1. The predicted octanol–water partition coefficient (Wildman–Crippen LogP) is 4.06. The third-order valence-electron chi connectivity index (χ3n) is 3.91. The molecule has 0 aliphatic heterocycles. The van der Waals surface area contributed by atoms with Crippen LogP contribution in [0.2, 0.25) is 5.15 Å². The lowest BCUT2D eigenvalue weighted by Crippen LogP contribution is -2.20. The minimum Gasteiger partial charge on any atom is -0.222 e. The van der Waals surface area contributed by atoms with Crippen molar-refractivity contribution in [2.45, 2.75) is 12.5 Å². The molecule has 0 spiro atoms. The summed E-state index contributed by atoms with van der Waals surface area (Å²) in [5.41, 5.74) is 1.08. The van der Waals surface area contributed by atoms with E-state index in [4.69, 9.17) is 11.6 Å². The summed E-state index contributed by atoms with van der Waals surface area (Å²) in [5, 5.41) is 7.75. The van der Waals surface area contributed by atoms with E-state index >= 15 is 0 Å². The lowest BCUT2D eigenvalue weighted by molar-refractivity contribution is 0.0331. The molecule has 2 heterocycles. The number of hydrogen-bond donors (Lipinski definition) is 0. The number of rotatable bonds is 4. The smallest absolute Gasteiger partial charge is 0.222 e. The van der Waals surface area contributed by atoms with Crippen LogP contribution in [0, 0.1) is 0 Å². The molecule has 2 aromatic heterocycles. The second-order valence-corrected chi connectivity index (χ2v) is 6.04. The van der Waals surface area contributed by atoms with E-state index in [0.29, 0.717) is 6.54 Å². The maximum Gasteiger partial charge on any atom is 0.331 e. The molecule has 0 aliphatic rings. The van der Waals surface area contributed by atoms with E-state index in [2.05, 4.69) is 20.3 Å². The van der Waals surface area contributed by atoms with E-state index in [1.807, 2.05) is 30.3 Å². The molecule has 4 rings (SSSR count). The Balaban J connectivity index is 1.81. The first-order valence-electron chi connectivity index (χ1n) is 7.80. The van der Waals surface area contributed by atoms with Gasteiger partial charge < -0.3 is 0 Å². The van der Waals surface area contributed by atoms with Gasteiger partial charge in [0, 0.05) is 5.56 Å². The van der Waals surface area contributed by atoms with Gasteiger partial charge in [0.2, 0.25) is 5.82 Å². The van der Waals surface area contributed by atoms with Crippen molar-refractivity contribution >= 4 is 22.8 Å². The van der Waals surface area contributed by atoms with E-state index in [0.717, 1.165) is 5.56 Å². The zero-order chi connectivity index (χ0) is 18.1. The van der Waals surface area contributed by atoms with Crippen molar-refractivity contribution in [2.75, 3.05) is 0 Å². The van der Waals surface area contributed by atoms with Gasteiger partial charge in [-0.2, -0.15) is 8.78 Å². The van der Waals surface area contributed by atoms with Gasteiger partial charge in [0.25, 0.3) is 0 Å². The average Bonchev–Trinajstić information content (AvgIpc) is 3.07. The Kier molecular flexibility index (Phi) is 4.08. The van der Waals surface area contributed by atoms with Gasteiger partial charge in [0.15, 0.2) is 16.3 Å². The summed E-state index contributed by atoms with van der Waals surface area (Å²) < 4.78 is 31.1. The number of alkyl halides is 2. The largest absolute Gasteiger partial charge is 0.331 e. The quantitative estimate of drug-likeness (QED) is 0.507. The van der Waals surface area contributed by atoms with Gasteiger partial charge in [-0.15, -0.1) is 5.10 Å². The van der Waals surface area contributed by atoms with Crippen LogP contribution in [0.5, 0.6) is 0 Å². The molecule has 8 heteroatoms. The van der Waals surface area contributed by atoms with Crippen molar-refractivity contribution in [3.63, 3.8) is 0 Å². The average molecular weight is 372 g/mol. The zero-order valence-electron chi connectivity index (χ0n) is 13.4. The summed E-state index contributed by atoms with van der Waals surface area (Å²) >= 11 is 6.07. The summed E-state index contributed by atoms with van der Waals surface area (Å²) in [6.07, 6.45) is 0. The van der Waals surface area contributed by atoms with Crippen LogP contribution in [-0.4, -0.2) is 25.0 Å². The minimum absolute atomic E-state index is 0.153. The van der Waals surface area contributed by atoms with E-state index in [1.165, 1.54) is 28.9 Å². The highest BCUT2D eigenvalue weighted by atomic mass is 35.5. The molecule has 0 saturated carbocycles. The van der Waals surface area contributed by atoms with Gasteiger partial charge >= 0.3 is 5.92 Å². The molecule has 26 heavy (non-hydrogen) atoms. The summed E-state index contributed by atoms with van der Waals surface area (Å²) in [5.74, 6) is -4.07. The molecular formula is C18H12ClF2N5. The summed E-state index contributed by atoms with van der Waals surface area (Å²) in [7, 11) is 0. The topological polar surface area (TPSA) is 56.5 Å². The predicted molar refractivity (Wildman–Crippen MR) is 93.1 cm³/mol. The van der Waals surface area contributed by atoms with Crippen LogP contribution in [-0.2, 0) is 12.5 Å². The van der Waals surface area contributed by atoms with Gasteiger partial charge in [0.1, 0.15) is 0 Å². The van der Waals surface area contributed by atoms with Gasteiger partial charge in [0.05, 0.1) is 6.54 Å². The first kappa shape index (κ1) is 16.5. The van der Waals surface area contributed by atoms with Crippen LogP contribution < -0.4 is 0 Å². The van der Waals surface area contributed by atoms with E-state index < -0.39 is 11.7 Å². The molecule has 0 atom stereocenters. The molecule has 0 unspecified atom stereocenters. The summed E-state index contributed by atoms with van der Waals surface area (Å²) in [4.78, 5) is 7.79. The summed E-state index contributed by atoms with van der Waals surface area (Å²) in [6.45, 7) is 0.334. The molecule has 0 fully saturated rings. The third kappa shape index (κ3) is 2.90. The minimum atomic E-state index is -3.39. The monoisotopic (exact) mass is 371 g/mol. The van der Waals surface area contributed by atoms with Crippen molar-refractivity contribution in [3.8, 4) is 0 Å². The van der Waals surface area contributed by atoms with E-state index in [1.54, 1.807) is 6.07 Å². The fourth-order valence-corrected chi connectivity index (χ4v) is 2.81. The zero-order valence-corrected chi connectivity index (χ0v) is 14.1. The number of aromatic nitrogens is 5. The molecule has 5 nitrogen and oxygen atoms in total.